The summed E-state index contributed by atoms with van der Waals surface area (Å²) in [5.41, 5.74) is 0.346. The zero-order chi connectivity index (χ0) is 13.8. The maximum Gasteiger partial charge on any atom is 0.140 e. The van der Waals surface area contributed by atoms with Crippen molar-refractivity contribution in [2.24, 2.45) is 17.3 Å². The minimum absolute atomic E-state index is 0.346. The van der Waals surface area contributed by atoms with Crippen molar-refractivity contribution in [3.05, 3.63) is 12.2 Å². The molecule has 0 fully saturated rings. The summed E-state index contributed by atoms with van der Waals surface area (Å²) in [6.45, 7) is 16.3. The van der Waals surface area contributed by atoms with Gasteiger partial charge in [0, 0.05) is 6.54 Å². The van der Waals surface area contributed by atoms with Gasteiger partial charge in [-0.15, -0.1) is 0 Å². The van der Waals surface area contributed by atoms with E-state index < -0.39 is 0 Å². The first-order valence-electron chi connectivity index (χ1n) is 6.88. The van der Waals surface area contributed by atoms with E-state index in [9.17, 15) is 0 Å². The minimum Gasteiger partial charge on any atom is -0.310 e. The van der Waals surface area contributed by atoms with E-state index in [-0.39, 0.29) is 0 Å². The SMILES string of the molecule is CC(C)Cn1ncnc1CNCC(C)C(C)(C)C. The molecule has 0 radical (unpaired) electrons. The Morgan fingerprint density at radius 2 is 1.94 bits per heavy atom. The van der Waals surface area contributed by atoms with Crippen LogP contribution in [0.5, 0.6) is 0 Å². The Morgan fingerprint density at radius 1 is 1.28 bits per heavy atom. The van der Waals surface area contributed by atoms with Crippen LogP contribution < -0.4 is 5.32 Å². The second-order valence-electron chi connectivity index (χ2n) is 6.65. The molecule has 1 atom stereocenters. The zero-order valence-corrected chi connectivity index (χ0v) is 12.7. The van der Waals surface area contributed by atoms with Crippen LogP contribution in [0.2, 0.25) is 0 Å². The van der Waals surface area contributed by atoms with Gasteiger partial charge in [-0.05, 0) is 23.8 Å². The van der Waals surface area contributed by atoms with Gasteiger partial charge in [0.2, 0.25) is 0 Å². The largest absolute Gasteiger partial charge is 0.310 e. The van der Waals surface area contributed by atoms with E-state index in [0.717, 1.165) is 25.5 Å². The van der Waals surface area contributed by atoms with Crippen molar-refractivity contribution in [3.63, 3.8) is 0 Å². The molecule has 0 aliphatic rings. The quantitative estimate of drug-likeness (QED) is 0.846. The number of hydrogen-bond acceptors (Lipinski definition) is 3. The third kappa shape index (κ3) is 4.77. The molecule has 18 heavy (non-hydrogen) atoms. The Balaban J connectivity index is 2.42. The standard InChI is InChI=1S/C14H28N4/c1-11(2)9-18-13(16-10-17-18)8-15-7-12(3)14(4,5)6/h10-12,15H,7-9H2,1-6H3. The molecule has 0 saturated heterocycles. The van der Waals surface area contributed by atoms with E-state index in [4.69, 9.17) is 0 Å². The summed E-state index contributed by atoms with van der Waals surface area (Å²) in [5, 5.41) is 7.75. The molecule has 4 heteroatoms. The van der Waals surface area contributed by atoms with Crippen molar-refractivity contribution in [1.29, 1.82) is 0 Å². The van der Waals surface area contributed by atoms with E-state index in [1.165, 1.54) is 0 Å². The second kappa shape index (κ2) is 6.32. The Labute approximate surface area is 111 Å². The molecule has 0 aromatic carbocycles. The van der Waals surface area contributed by atoms with Gasteiger partial charge in [-0.3, -0.25) is 0 Å². The molecule has 0 spiro atoms. The molecule has 4 nitrogen and oxygen atoms in total. The van der Waals surface area contributed by atoms with Gasteiger partial charge in [0.25, 0.3) is 0 Å². The highest BCUT2D eigenvalue weighted by molar-refractivity contribution is 4.84. The average Bonchev–Trinajstić information content (AvgIpc) is 2.63. The number of hydrogen-bond donors (Lipinski definition) is 1. The monoisotopic (exact) mass is 252 g/mol. The van der Waals surface area contributed by atoms with Crippen LogP contribution in [0.1, 0.15) is 47.4 Å². The molecule has 0 bridgehead atoms. The van der Waals surface area contributed by atoms with Gasteiger partial charge >= 0.3 is 0 Å². The van der Waals surface area contributed by atoms with Crippen LogP contribution >= 0.6 is 0 Å². The molecule has 104 valence electrons. The lowest BCUT2D eigenvalue weighted by Gasteiger charge is -2.27. The van der Waals surface area contributed by atoms with Gasteiger partial charge < -0.3 is 5.32 Å². The first-order valence-corrected chi connectivity index (χ1v) is 6.88. The highest BCUT2D eigenvalue weighted by atomic mass is 15.3. The van der Waals surface area contributed by atoms with Gasteiger partial charge in [-0.1, -0.05) is 41.5 Å². The zero-order valence-electron chi connectivity index (χ0n) is 12.7. The molecule has 0 aliphatic carbocycles. The van der Waals surface area contributed by atoms with Crippen molar-refractivity contribution in [2.75, 3.05) is 6.54 Å². The lowest BCUT2D eigenvalue weighted by molar-refractivity contribution is 0.251. The van der Waals surface area contributed by atoms with E-state index in [1.807, 2.05) is 4.68 Å². The molecule has 0 amide bonds. The number of nitrogens with one attached hydrogen (secondary N) is 1. The summed E-state index contributed by atoms with van der Waals surface area (Å²) in [6.07, 6.45) is 1.65. The van der Waals surface area contributed by atoms with Gasteiger partial charge in [0.05, 0.1) is 6.54 Å². The van der Waals surface area contributed by atoms with Crippen molar-refractivity contribution in [1.82, 2.24) is 20.1 Å². The third-order valence-electron chi connectivity index (χ3n) is 3.45. The third-order valence-corrected chi connectivity index (χ3v) is 3.45. The average molecular weight is 252 g/mol. The first-order chi connectivity index (χ1) is 8.30. The summed E-state index contributed by atoms with van der Waals surface area (Å²) in [5.74, 6) is 2.27. The predicted molar refractivity (Wildman–Crippen MR) is 75.2 cm³/mol. The van der Waals surface area contributed by atoms with Gasteiger partial charge in [-0.2, -0.15) is 5.10 Å². The summed E-state index contributed by atoms with van der Waals surface area (Å²) < 4.78 is 2.00. The maximum absolute atomic E-state index is 4.32. The molecule has 0 aliphatic heterocycles. The molecule has 1 aromatic rings. The molecule has 1 heterocycles. The first kappa shape index (κ1) is 15.2. The van der Waals surface area contributed by atoms with Crippen LogP contribution in [-0.4, -0.2) is 21.3 Å². The number of rotatable bonds is 6. The van der Waals surface area contributed by atoms with E-state index in [1.54, 1.807) is 6.33 Å². The van der Waals surface area contributed by atoms with Crippen molar-refractivity contribution < 1.29 is 0 Å². The predicted octanol–water partition coefficient (Wildman–Crippen LogP) is 2.71. The number of aromatic nitrogens is 3. The lowest BCUT2D eigenvalue weighted by Crippen LogP contribution is -2.30. The van der Waals surface area contributed by atoms with Gasteiger partial charge in [-0.25, -0.2) is 9.67 Å². The fourth-order valence-electron chi connectivity index (χ4n) is 1.63. The molecule has 1 unspecified atom stereocenters. The fraction of sp³-hybridized carbons (Fsp3) is 0.857. The summed E-state index contributed by atoms with van der Waals surface area (Å²) >= 11 is 0. The summed E-state index contributed by atoms with van der Waals surface area (Å²) in [7, 11) is 0. The second-order valence-corrected chi connectivity index (χ2v) is 6.65. The van der Waals surface area contributed by atoms with E-state index in [2.05, 4.69) is 56.9 Å². The topological polar surface area (TPSA) is 42.7 Å². The number of nitrogens with zero attached hydrogens (tertiary/aromatic N) is 3. The van der Waals surface area contributed by atoms with Gasteiger partial charge in [0.1, 0.15) is 12.2 Å². The lowest BCUT2D eigenvalue weighted by atomic mass is 9.82. The highest BCUT2D eigenvalue weighted by Crippen LogP contribution is 2.24. The van der Waals surface area contributed by atoms with Crippen molar-refractivity contribution >= 4 is 0 Å². The highest BCUT2D eigenvalue weighted by Gasteiger charge is 2.19. The van der Waals surface area contributed by atoms with Crippen LogP contribution in [0.25, 0.3) is 0 Å². The smallest absolute Gasteiger partial charge is 0.140 e. The van der Waals surface area contributed by atoms with Crippen LogP contribution in [0.4, 0.5) is 0 Å². The maximum atomic E-state index is 4.32. The Morgan fingerprint density at radius 3 is 2.50 bits per heavy atom. The van der Waals surface area contributed by atoms with Crippen LogP contribution in [0, 0.1) is 17.3 Å². The molecule has 1 N–H and O–H groups in total. The fourth-order valence-corrected chi connectivity index (χ4v) is 1.63. The van der Waals surface area contributed by atoms with Crippen LogP contribution in [-0.2, 0) is 13.1 Å². The normalized spacial score (nSPS) is 14.2. The Hall–Kier alpha value is -0.900. The molecular formula is C14H28N4. The Bertz CT molecular complexity index is 349. The van der Waals surface area contributed by atoms with Crippen LogP contribution in [0.3, 0.4) is 0 Å². The van der Waals surface area contributed by atoms with Crippen LogP contribution in [0.15, 0.2) is 6.33 Å². The molecule has 0 saturated carbocycles. The Kier molecular flexibility index (Phi) is 5.32. The van der Waals surface area contributed by atoms with Crippen molar-refractivity contribution in [2.45, 2.75) is 54.6 Å². The molecule has 1 rings (SSSR count). The van der Waals surface area contributed by atoms with Gasteiger partial charge in [0.15, 0.2) is 0 Å². The summed E-state index contributed by atoms with van der Waals surface area (Å²) in [4.78, 5) is 4.32. The summed E-state index contributed by atoms with van der Waals surface area (Å²) in [6, 6.07) is 0. The van der Waals surface area contributed by atoms with Crippen molar-refractivity contribution in [3.8, 4) is 0 Å². The molecular weight excluding hydrogens is 224 g/mol. The van der Waals surface area contributed by atoms with E-state index in [0.29, 0.717) is 17.3 Å². The molecule has 1 aromatic heterocycles. The minimum atomic E-state index is 0.346. The van der Waals surface area contributed by atoms with E-state index >= 15 is 0 Å².